The van der Waals surface area contributed by atoms with Crippen molar-refractivity contribution in [2.75, 3.05) is 25.2 Å². The van der Waals surface area contributed by atoms with E-state index in [0.29, 0.717) is 24.0 Å². The summed E-state index contributed by atoms with van der Waals surface area (Å²) >= 11 is 2.04. The van der Waals surface area contributed by atoms with Crippen LogP contribution in [0.2, 0.25) is 0 Å². The fraction of sp³-hybridized carbons (Fsp3) is 0.464. The van der Waals surface area contributed by atoms with Gasteiger partial charge in [-0.1, -0.05) is 11.9 Å². The van der Waals surface area contributed by atoms with Crippen molar-refractivity contribution in [3.63, 3.8) is 0 Å². The van der Waals surface area contributed by atoms with Gasteiger partial charge in [0, 0.05) is 59.5 Å². The molecule has 3 aliphatic rings. The third-order valence-electron chi connectivity index (χ3n) is 7.70. The van der Waals surface area contributed by atoms with E-state index in [2.05, 4.69) is 40.1 Å². The van der Waals surface area contributed by atoms with Gasteiger partial charge in [-0.25, -0.2) is 4.79 Å². The Morgan fingerprint density at radius 3 is 2.53 bits per heavy atom. The van der Waals surface area contributed by atoms with Crippen molar-refractivity contribution >= 4 is 17.9 Å². The number of carboxylic acid groups (broad SMARTS) is 1. The minimum absolute atomic E-state index is 0.0864. The molecule has 4 heterocycles. The standard InChI is InChI=1S/C28H33N5O4S/c1-17(2)32-15-18-10-23(19-13-29-31(14-19)20-6-8-30(9-7-20)38-21-4-5-21)27(37-3)11-22(18)25-12-26(34)24(28(35)36)16-33(25)32/h10-14,16-17,20-21H,4-9,15H2,1-3H3,(H,35,36). The van der Waals surface area contributed by atoms with Gasteiger partial charge in [-0.15, -0.1) is 0 Å². The molecule has 2 fully saturated rings. The Kier molecular flexibility index (Phi) is 6.47. The second kappa shape index (κ2) is 9.81. The lowest BCUT2D eigenvalue weighted by Gasteiger charge is -2.38. The maximum Gasteiger partial charge on any atom is 0.341 e. The van der Waals surface area contributed by atoms with Crippen LogP contribution in [0.15, 0.2) is 41.6 Å². The summed E-state index contributed by atoms with van der Waals surface area (Å²) in [6, 6.07) is 5.98. The molecule has 38 heavy (non-hydrogen) atoms. The number of ether oxygens (including phenoxy) is 1. The smallest absolute Gasteiger partial charge is 0.341 e. The predicted octanol–water partition coefficient (Wildman–Crippen LogP) is 4.39. The second-order valence-corrected chi connectivity index (χ2v) is 12.1. The topological polar surface area (TPSA) is 92.8 Å². The van der Waals surface area contributed by atoms with Gasteiger partial charge in [0.05, 0.1) is 31.6 Å². The van der Waals surface area contributed by atoms with E-state index in [-0.39, 0.29) is 11.6 Å². The molecule has 1 aromatic carbocycles. The lowest BCUT2D eigenvalue weighted by Crippen LogP contribution is -2.44. The molecule has 1 aliphatic carbocycles. The van der Waals surface area contributed by atoms with Crippen LogP contribution in [-0.4, -0.2) is 61.3 Å². The number of hydrogen-bond donors (Lipinski definition) is 1. The molecule has 0 atom stereocenters. The van der Waals surface area contributed by atoms with Gasteiger partial charge in [-0.2, -0.15) is 5.10 Å². The van der Waals surface area contributed by atoms with E-state index in [1.54, 1.807) is 11.8 Å². The van der Waals surface area contributed by atoms with E-state index >= 15 is 0 Å². The lowest BCUT2D eigenvalue weighted by molar-refractivity contribution is 0.0694. The monoisotopic (exact) mass is 535 g/mol. The molecule has 6 rings (SSSR count). The van der Waals surface area contributed by atoms with Crippen LogP contribution in [0.5, 0.6) is 5.75 Å². The molecule has 3 aromatic rings. The highest BCUT2D eigenvalue weighted by Crippen LogP contribution is 2.41. The van der Waals surface area contributed by atoms with Gasteiger partial charge in [0.25, 0.3) is 0 Å². The summed E-state index contributed by atoms with van der Waals surface area (Å²) in [5.41, 5.74) is 3.79. The van der Waals surface area contributed by atoms with Crippen LogP contribution >= 0.6 is 11.9 Å². The molecule has 200 valence electrons. The second-order valence-electron chi connectivity index (χ2n) is 10.7. The number of rotatable bonds is 7. The number of fused-ring (bicyclic) bond motifs is 3. The molecule has 0 spiro atoms. The quantitative estimate of drug-likeness (QED) is 0.446. The van der Waals surface area contributed by atoms with Crippen molar-refractivity contribution in [3.8, 4) is 28.1 Å². The Morgan fingerprint density at radius 2 is 1.87 bits per heavy atom. The van der Waals surface area contributed by atoms with Gasteiger partial charge in [0.15, 0.2) is 5.43 Å². The van der Waals surface area contributed by atoms with Gasteiger partial charge in [0.1, 0.15) is 11.3 Å². The summed E-state index contributed by atoms with van der Waals surface area (Å²) in [4.78, 5) is 24.3. The summed E-state index contributed by atoms with van der Waals surface area (Å²) in [6.45, 7) is 6.86. The first-order chi connectivity index (χ1) is 18.3. The first-order valence-electron chi connectivity index (χ1n) is 13.3. The van der Waals surface area contributed by atoms with Crippen LogP contribution in [0.3, 0.4) is 0 Å². The molecule has 0 radical (unpaired) electrons. The van der Waals surface area contributed by atoms with Crippen LogP contribution in [-0.2, 0) is 6.54 Å². The number of pyridine rings is 1. The Bertz CT molecular complexity index is 1440. The zero-order valence-corrected chi connectivity index (χ0v) is 22.8. The number of carboxylic acids is 1. The van der Waals surface area contributed by atoms with Crippen LogP contribution in [0, 0.1) is 0 Å². The zero-order valence-electron chi connectivity index (χ0n) is 22.0. The molecule has 9 nitrogen and oxygen atoms in total. The molecule has 1 saturated heterocycles. The normalized spacial score (nSPS) is 17.9. The van der Waals surface area contributed by atoms with Gasteiger partial charge in [-0.05, 0) is 57.2 Å². The molecule has 10 heteroatoms. The number of aromatic nitrogens is 3. The Labute approximate surface area is 226 Å². The van der Waals surface area contributed by atoms with Crippen molar-refractivity contribution < 1.29 is 14.6 Å². The Hall–Kier alpha value is -3.24. The van der Waals surface area contributed by atoms with Crippen molar-refractivity contribution in [2.24, 2.45) is 0 Å². The van der Waals surface area contributed by atoms with E-state index in [1.165, 1.54) is 25.1 Å². The van der Waals surface area contributed by atoms with Crippen LogP contribution in [0.1, 0.15) is 61.5 Å². The molecule has 0 unspecified atom stereocenters. The Balaban J connectivity index is 1.33. The summed E-state index contributed by atoms with van der Waals surface area (Å²) in [5.74, 6) is -0.532. The predicted molar refractivity (Wildman–Crippen MR) is 148 cm³/mol. The number of hydrogen-bond acceptors (Lipinski definition) is 7. The van der Waals surface area contributed by atoms with Crippen LogP contribution in [0.25, 0.3) is 22.4 Å². The fourth-order valence-corrected chi connectivity index (χ4v) is 6.63. The number of aromatic carboxylic acids is 1. The van der Waals surface area contributed by atoms with Crippen molar-refractivity contribution in [3.05, 3.63) is 58.1 Å². The number of carbonyl (C=O) groups is 1. The molecule has 2 aliphatic heterocycles. The summed E-state index contributed by atoms with van der Waals surface area (Å²) in [5, 5.41) is 17.2. The largest absolute Gasteiger partial charge is 0.496 e. The van der Waals surface area contributed by atoms with Crippen LogP contribution in [0.4, 0.5) is 0 Å². The van der Waals surface area contributed by atoms with E-state index in [0.717, 1.165) is 53.4 Å². The molecule has 1 saturated carbocycles. The maximum absolute atomic E-state index is 12.6. The van der Waals surface area contributed by atoms with Gasteiger partial charge >= 0.3 is 5.97 Å². The summed E-state index contributed by atoms with van der Waals surface area (Å²) in [6.07, 6.45) is 10.4. The number of nitrogens with zero attached hydrogens (tertiary/aromatic N) is 5. The molecular formula is C28H33N5O4S. The Morgan fingerprint density at radius 1 is 1.11 bits per heavy atom. The van der Waals surface area contributed by atoms with E-state index in [1.807, 2.05) is 24.2 Å². The van der Waals surface area contributed by atoms with E-state index in [9.17, 15) is 14.7 Å². The van der Waals surface area contributed by atoms with Crippen molar-refractivity contribution in [1.29, 1.82) is 0 Å². The molecule has 1 N–H and O–H groups in total. The van der Waals surface area contributed by atoms with Crippen LogP contribution < -0.4 is 15.2 Å². The van der Waals surface area contributed by atoms with Crippen molar-refractivity contribution in [1.82, 2.24) is 18.8 Å². The number of piperidine rings is 1. The highest BCUT2D eigenvalue weighted by atomic mass is 32.2. The van der Waals surface area contributed by atoms with Crippen molar-refractivity contribution in [2.45, 2.75) is 63.4 Å². The van der Waals surface area contributed by atoms with Gasteiger partial charge in [0.2, 0.25) is 0 Å². The lowest BCUT2D eigenvalue weighted by atomic mass is 9.95. The maximum atomic E-state index is 12.6. The number of benzene rings is 1. The SMILES string of the molecule is COc1cc2c(cc1-c1cnn(C3CCN(SC4CC4)CC3)c1)CN(C(C)C)n1cc(C(=O)O)c(=O)cc1-2. The zero-order chi connectivity index (χ0) is 26.6. The first-order valence-corrected chi connectivity index (χ1v) is 14.1. The highest BCUT2D eigenvalue weighted by molar-refractivity contribution is 7.97. The van der Waals surface area contributed by atoms with Gasteiger partial charge in [-0.3, -0.25) is 18.5 Å². The fourth-order valence-electron chi connectivity index (χ4n) is 5.44. The first kappa shape index (κ1) is 25.1. The minimum Gasteiger partial charge on any atom is -0.496 e. The van der Waals surface area contributed by atoms with Gasteiger partial charge < -0.3 is 14.9 Å². The third kappa shape index (κ3) is 4.60. The highest BCUT2D eigenvalue weighted by Gasteiger charge is 2.30. The van der Waals surface area contributed by atoms with E-state index in [4.69, 9.17) is 9.84 Å². The summed E-state index contributed by atoms with van der Waals surface area (Å²) in [7, 11) is 1.65. The average molecular weight is 536 g/mol. The number of methoxy groups -OCH3 is 1. The molecule has 0 bridgehead atoms. The third-order valence-corrected chi connectivity index (χ3v) is 9.13. The molecule has 0 amide bonds. The molecular weight excluding hydrogens is 502 g/mol. The average Bonchev–Trinajstić information content (AvgIpc) is 3.58. The van der Waals surface area contributed by atoms with E-state index < -0.39 is 11.4 Å². The summed E-state index contributed by atoms with van der Waals surface area (Å²) < 4.78 is 12.2. The molecule has 2 aromatic heterocycles. The minimum atomic E-state index is -1.22.